The van der Waals surface area contributed by atoms with Crippen molar-refractivity contribution in [3.63, 3.8) is 0 Å². The molecule has 3 amide bonds. The van der Waals surface area contributed by atoms with Gasteiger partial charge in [-0.05, 0) is 0 Å². The Hall–Kier alpha value is -1.59. The number of rotatable bonds is 0. The van der Waals surface area contributed by atoms with Gasteiger partial charge < -0.3 is 10.4 Å². The number of carboxylic acids is 1. The second-order valence-corrected chi connectivity index (χ2v) is 1.34. The molecule has 0 bridgehead atoms. The number of urea groups is 1. The number of carbonyl (C=O) groups is 3. The summed E-state index contributed by atoms with van der Waals surface area (Å²) in [7, 11) is 1.27. The third kappa shape index (κ3) is 2.65. The van der Waals surface area contributed by atoms with Gasteiger partial charge in [0.15, 0.2) is 0 Å². The molecule has 0 saturated heterocycles. The van der Waals surface area contributed by atoms with Crippen molar-refractivity contribution in [2.45, 2.75) is 0 Å². The van der Waals surface area contributed by atoms with Crippen LogP contribution in [0.2, 0.25) is 0 Å². The summed E-state index contributed by atoms with van der Waals surface area (Å²) in [5.74, 6) is -3.04. The number of amides is 3. The van der Waals surface area contributed by atoms with E-state index in [9.17, 15) is 14.4 Å². The van der Waals surface area contributed by atoms with Crippen molar-refractivity contribution in [3.05, 3.63) is 0 Å². The van der Waals surface area contributed by atoms with Crippen LogP contribution in [0.3, 0.4) is 0 Å². The summed E-state index contributed by atoms with van der Waals surface area (Å²) in [5, 5.41) is 11.5. The van der Waals surface area contributed by atoms with Crippen molar-refractivity contribution in [2.24, 2.45) is 0 Å². The van der Waals surface area contributed by atoms with Gasteiger partial charge in [0.2, 0.25) is 0 Å². The Balaban J connectivity index is 3.80. The molecule has 6 nitrogen and oxygen atoms in total. The third-order valence-electron chi connectivity index (χ3n) is 0.648. The molecular formula is C4H6N2O4. The second kappa shape index (κ2) is 3.44. The highest BCUT2D eigenvalue weighted by Gasteiger charge is 2.12. The molecule has 0 rings (SSSR count). The minimum absolute atomic E-state index is 0.840. The van der Waals surface area contributed by atoms with E-state index in [2.05, 4.69) is 0 Å². The summed E-state index contributed by atoms with van der Waals surface area (Å²) in [6, 6.07) is -0.840. The van der Waals surface area contributed by atoms with E-state index in [0.717, 1.165) is 0 Å². The van der Waals surface area contributed by atoms with Crippen LogP contribution >= 0.6 is 0 Å². The van der Waals surface area contributed by atoms with Crippen LogP contribution in [0.5, 0.6) is 0 Å². The number of hydrogen-bond donors (Lipinski definition) is 3. The molecule has 0 heterocycles. The van der Waals surface area contributed by atoms with Crippen LogP contribution in [-0.2, 0) is 9.59 Å². The van der Waals surface area contributed by atoms with Gasteiger partial charge in [0.25, 0.3) is 0 Å². The molecule has 56 valence electrons. The summed E-state index contributed by atoms with van der Waals surface area (Å²) >= 11 is 0. The second-order valence-electron chi connectivity index (χ2n) is 1.34. The van der Waals surface area contributed by atoms with E-state index in [1.807, 2.05) is 5.32 Å². The number of carboxylic acid groups (broad SMARTS) is 1. The third-order valence-corrected chi connectivity index (χ3v) is 0.648. The molecule has 0 fully saturated rings. The zero-order valence-corrected chi connectivity index (χ0v) is 5.17. The van der Waals surface area contributed by atoms with Gasteiger partial charge >= 0.3 is 17.9 Å². The van der Waals surface area contributed by atoms with Crippen LogP contribution in [0.4, 0.5) is 4.79 Å². The molecule has 0 radical (unpaired) electrons. The lowest BCUT2D eigenvalue weighted by Gasteiger charge is -1.96. The Morgan fingerprint density at radius 2 is 1.80 bits per heavy atom. The Labute approximate surface area is 56.2 Å². The van der Waals surface area contributed by atoms with E-state index in [-0.39, 0.29) is 0 Å². The van der Waals surface area contributed by atoms with Gasteiger partial charge in [-0.1, -0.05) is 0 Å². The van der Waals surface area contributed by atoms with Gasteiger partial charge in [0.1, 0.15) is 0 Å². The molecule has 3 N–H and O–H groups in total. The molecule has 0 aromatic rings. The monoisotopic (exact) mass is 146 g/mol. The van der Waals surface area contributed by atoms with E-state index in [1.165, 1.54) is 7.05 Å². The molecule has 0 aromatic heterocycles. The van der Waals surface area contributed by atoms with Crippen molar-refractivity contribution >= 4 is 17.9 Å². The van der Waals surface area contributed by atoms with Crippen molar-refractivity contribution in [1.29, 1.82) is 0 Å². The minimum atomic E-state index is -1.69. The van der Waals surface area contributed by atoms with Crippen LogP contribution in [-0.4, -0.2) is 30.1 Å². The van der Waals surface area contributed by atoms with Crippen LogP contribution in [0.1, 0.15) is 0 Å². The minimum Gasteiger partial charge on any atom is -0.474 e. The molecule has 0 saturated carbocycles. The molecule has 0 aliphatic heterocycles. The van der Waals surface area contributed by atoms with Crippen molar-refractivity contribution in [3.8, 4) is 0 Å². The molecule has 0 aliphatic rings. The number of aliphatic carboxylic acids is 1. The summed E-state index contributed by atoms with van der Waals surface area (Å²) in [5.41, 5.74) is 0. The first-order valence-corrected chi connectivity index (χ1v) is 2.34. The Bertz CT molecular complexity index is 176. The van der Waals surface area contributed by atoms with Crippen LogP contribution in [0, 0.1) is 0 Å². The highest BCUT2D eigenvalue weighted by atomic mass is 16.4. The van der Waals surface area contributed by atoms with Gasteiger partial charge in [-0.2, -0.15) is 0 Å². The first kappa shape index (κ1) is 8.41. The first-order chi connectivity index (χ1) is 4.57. The van der Waals surface area contributed by atoms with E-state index in [0.29, 0.717) is 0 Å². The standard InChI is InChI=1S/C4H6N2O4/c1-5-4(10)6-2(7)3(8)9/h1H3,(H,8,9)(H2,5,6,7,10). The topological polar surface area (TPSA) is 95.5 Å². The largest absolute Gasteiger partial charge is 0.474 e. The fourth-order valence-electron chi connectivity index (χ4n) is 0.219. The van der Waals surface area contributed by atoms with Crippen molar-refractivity contribution in [1.82, 2.24) is 10.6 Å². The number of carbonyl (C=O) groups excluding carboxylic acids is 2. The highest BCUT2D eigenvalue weighted by Crippen LogP contribution is 1.65. The number of nitrogens with one attached hydrogen (secondary N) is 2. The molecule has 0 aromatic carbocycles. The summed E-state index contributed by atoms with van der Waals surface area (Å²) in [6.45, 7) is 0. The van der Waals surface area contributed by atoms with Crippen LogP contribution in [0.15, 0.2) is 0 Å². The predicted octanol–water partition coefficient (Wildman–Crippen LogP) is -1.47. The zero-order chi connectivity index (χ0) is 8.15. The van der Waals surface area contributed by atoms with E-state index in [1.54, 1.807) is 5.32 Å². The Morgan fingerprint density at radius 1 is 1.30 bits per heavy atom. The van der Waals surface area contributed by atoms with Crippen LogP contribution in [0.25, 0.3) is 0 Å². The lowest BCUT2D eigenvalue weighted by molar-refractivity contribution is -0.149. The maximum atomic E-state index is 10.2. The van der Waals surface area contributed by atoms with Gasteiger partial charge in [0, 0.05) is 7.05 Å². The Kier molecular flexibility index (Phi) is 2.89. The summed E-state index contributed by atoms with van der Waals surface area (Å²) in [4.78, 5) is 30.1. The van der Waals surface area contributed by atoms with Gasteiger partial charge in [0.05, 0.1) is 0 Å². The molecular weight excluding hydrogens is 140 g/mol. The van der Waals surface area contributed by atoms with Gasteiger partial charge in [-0.3, -0.25) is 10.1 Å². The average molecular weight is 146 g/mol. The zero-order valence-electron chi connectivity index (χ0n) is 5.17. The van der Waals surface area contributed by atoms with Crippen molar-refractivity contribution in [2.75, 3.05) is 7.05 Å². The van der Waals surface area contributed by atoms with Gasteiger partial charge in [-0.25, -0.2) is 9.59 Å². The Morgan fingerprint density at radius 3 is 2.10 bits per heavy atom. The summed E-state index contributed by atoms with van der Waals surface area (Å²) in [6.07, 6.45) is 0. The van der Waals surface area contributed by atoms with Crippen LogP contribution < -0.4 is 10.6 Å². The smallest absolute Gasteiger partial charge is 0.394 e. The fourth-order valence-corrected chi connectivity index (χ4v) is 0.219. The SMILES string of the molecule is CNC(=O)NC(=O)C(=O)O. The average Bonchev–Trinajstić information content (AvgIpc) is 1.87. The highest BCUT2D eigenvalue weighted by molar-refractivity contribution is 6.34. The molecule has 10 heavy (non-hydrogen) atoms. The van der Waals surface area contributed by atoms with Crippen molar-refractivity contribution < 1.29 is 19.5 Å². The quantitative estimate of drug-likeness (QED) is 0.363. The number of imide groups is 1. The molecule has 0 spiro atoms. The fraction of sp³-hybridized carbons (Fsp3) is 0.250. The number of hydrogen-bond acceptors (Lipinski definition) is 3. The predicted molar refractivity (Wildman–Crippen MR) is 30.2 cm³/mol. The molecule has 0 unspecified atom stereocenters. The van der Waals surface area contributed by atoms with Gasteiger partial charge in [-0.15, -0.1) is 0 Å². The van der Waals surface area contributed by atoms with E-state index in [4.69, 9.17) is 5.11 Å². The maximum Gasteiger partial charge on any atom is 0.394 e. The van der Waals surface area contributed by atoms with E-state index >= 15 is 0 Å². The van der Waals surface area contributed by atoms with E-state index < -0.39 is 17.9 Å². The lowest BCUT2D eigenvalue weighted by atomic mass is 10.6. The molecule has 6 heteroatoms. The lowest BCUT2D eigenvalue weighted by Crippen LogP contribution is -2.41. The molecule has 0 atom stereocenters. The molecule has 0 aliphatic carbocycles. The maximum absolute atomic E-state index is 10.2. The summed E-state index contributed by atoms with van der Waals surface area (Å²) < 4.78 is 0. The normalized spacial score (nSPS) is 8.10. The first-order valence-electron chi connectivity index (χ1n) is 2.34.